The molecule has 19 heavy (non-hydrogen) atoms. The Balaban J connectivity index is 2.93. The first-order chi connectivity index (χ1) is 9.01. The van der Waals surface area contributed by atoms with Gasteiger partial charge in [0, 0.05) is 19.1 Å². The number of anilines is 1. The monoisotopic (exact) mass is 265 g/mol. The molecule has 0 bridgehead atoms. The van der Waals surface area contributed by atoms with Crippen LogP contribution in [0.5, 0.6) is 0 Å². The van der Waals surface area contributed by atoms with Crippen molar-refractivity contribution in [3.8, 4) is 0 Å². The second-order valence-electron chi connectivity index (χ2n) is 4.61. The Bertz CT molecular complexity index is 707. The molecule has 0 radical (unpaired) electrons. The Morgan fingerprint density at radius 1 is 1.32 bits per heavy atom. The van der Waals surface area contributed by atoms with Gasteiger partial charge in [-0.05, 0) is 27.7 Å². The fourth-order valence-corrected chi connectivity index (χ4v) is 2.23. The molecule has 104 valence electrons. The van der Waals surface area contributed by atoms with E-state index in [2.05, 4.69) is 15.3 Å². The van der Waals surface area contributed by atoms with Crippen molar-refractivity contribution in [1.29, 1.82) is 0 Å². The molecule has 2 aromatic heterocycles. The van der Waals surface area contributed by atoms with Gasteiger partial charge >= 0.3 is 5.69 Å². The maximum Gasteiger partial charge on any atom is 0.330 e. The number of aryl methyl sites for hydroxylation is 1. The Labute approximate surface area is 110 Å². The van der Waals surface area contributed by atoms with Gasteiger partial charge in [-0.2, -0.15) is 4.98 Å². The second-order valence-corrected chi connectivity index (χ2v) is 4.61. The molecule has 0 aliphatic carbocycles. The molecule has 2 rings (SSSR count). The van der Waals surface area contributed by atoms with Crippen LogP contribution < -0.4 is 16.6 Å². The zero-order chi connectivity index (χ0) is 14.2. The van der Waals surface area contributed by atoms with Crippen LogP contribution in [0.15, 0.2) is 9.59 Å². The minimum atomic E-state index is -0.420. The predicted molar refractivity (Wildman–Crippen MR) is 74.8 cm³/mol. The lowest BCUT2D eigenvalue weighted by molar-refractivity contribution is 0.580. The molecule has 7 heteroatoms. The van der Waals surface area contributed by atoms with Crippen LogP contribution >= 0.6 is 0 Å². The summed E-state index contributed by atoms with van der Waals surface area (Å²) in [6.07, 6.45) is 0. The standard InChI is InChI=1S/C12H19N5O2/c1-5-13-11-14-9-8(16(11)6-2)10(18)15-12(19)17(9)7(3)4/h7H,5-6H2,1-4H3,(H,13,14)(H,15,18,19). The third-order valence-corrected chi connectivity index (χ3v) is 3.00. The van der Waals surface area contributed by atoms with Crippen LogP contribution in [0, 0.1) is 0 Å². The Kier molecular flexibility index (Phi) is 3.46. The van der Waals surface area contributed by atoms with Crippen molar-refractivity contribution < 1.29 is 0 Å². The van der Waals surface area contributed by atoms with Gasteiger partial charge in [-0.15, -0.1) is 0 Å². The van der Waals surface area contributed by atoms with Crippen molar-refractivity contribution in [2.45, 2.75) is 40.3 Å². The maximum atomic E-state index is 12.0. The van der Waals surface area contributed by atoms with Crippen LogP contribution in [0.3, 0.4) is 0 Å². The zero-order valence-electron chi connectivity index (χ0n) is 11.6. The summed E-state index contributed by atoms with van der Waals surface area (Å²) in [5, 5.41) is 3.11. The first-order valence-electron chi connectivity index (χ1n) is 6.50. The van der Waals surface area contributed by atoms with E-state index in [9.17, 15) is 9.59 Å². The minimum absolute atomic E-state index is 0.0680. The topological polar surface area (TPSA) is 84.7 Å². The summed E-state index contributed by atoms with van der Waals surface area (Å²) in [7, 11) is 0. The van der Waals surface area contributed by atoms with Crippen LogP contribution in [-0.4, -0.2) is 25.6 Å². The highest BCUT2D eigenvalue weighted by atomic mass is 16.2. The van der Waals surface area contributed by atoms with E-state index in [1.807, 2.05) is 27.7 Å². The van der Waals surface area contributed by atoms with E-state index in [4.69, 9.17) is 0 Å². The summed E-state index contributed by atoms with van der Waals surface area (Å²) < 4.78 is 3.29. The fourth-order valence-electron chi connectivity index (χ4n) is 2.23. The lowest BCUT2D eigenvalue weighted by atomic mass is 10.3. The fraction of sp³-hybridized carbons (Fsp3) is 0.583. The Morgan fingerprint density at radius 2 is 2.00 bits per heavy atom. The molecule has 0 saturated carbocycles. The highest BCUT2D eigenvalue weighted by Crippen LogP contribution is 2.17. The molecule has 2 N–H and O–H groups in total. The number of hydrogen-bond acceptors (Lipinski definition) is 4. The smallest absolute Gasteiger partial charge is 0.330 e. The lowest BCUT2D eigenvalue weighted by Gasteiger charge is -2.09. The largest absolute Gasteiger partial charge is 0.356 e. The van der Waals surface area contributed by atoms with Gasteiger partial charge in [0.1, 0.15) is 0 Å². The number of aromatic amines is 1. The van der Waals surface area contributed by atoms with Crippen LogP contribution in [0.1, 0.15) is 33.7 Å². The van der Waals surface area contributed by atoms with Gasteiger partial charge in [0.15, 0.2) is 11.2 Å². The number of nitrogens with one attached hydrogen (secondary N) is 2. The third-order valence-electron chi connectivity index (χ3n) is 3.00. The molecule has 0 atom stereocenters. The summed E-state index contributed by atoms with van der Waals surface area (Å²) in [6, 6.07) is -0.0680. The van der Waals surface area contributed by atoms with Gasteiger partial charge in [0.05, 0.1) is 0 Å². The first kappa shape index (κ1) is 13.4. The summed E-state index contributed by atoms with van der Waals surface area (Å²) in [4.78, 5) is 30.7. The molecule has 7 nitrogen and oxygen atoms in total. The molecule has 2 heterocycles. The first-order valence-corrected chi connectivity index (χ1v) is 6.50. The van der Waals surface area contributed by atoms with Crippen molar-refractivity contribution in [3.63, 3.8) is 0 Å². The molecule has 0 aliphatic rings. The number of rotatable bonds is 4. The van der Waals surface area contributed by atoms with E-state index in [1.54, 1.807) is 4.57 Å². The Hall–Kier alpha value is -2.05. The second kappa shape index (κ2) is 4.91. The highest BCUT2D eigenvalue weighted by molar-refractivity contribution is 5.74. The third kappa shape index (κ3) is 2.05. The van der Waals surface area contributed by atoms with Crippen LogP contribution in [0.2, 0.25) is 0 Å². The van der Waals surface area contributed by atoms with Crippen molar-refractivity contribution in [3.05, 3.63) is 20.8 Å². The molecule has 0 unspecified atom stereocenters. The van der Waals surface area contributed by atoms with Gasteiger partial charge in [-0.1, -0.05) is 0 Å². The highest BCUT2D eigenvalue weighted by Gasteiger charge is 2.18. The molecular formula is C12H19N5O2. The van der Waals surface area contributed by atoms with Crippen molar-refractivity contribution in [2.24, 2.45) is 0 Å². The quantitative estimate of drug-likeness (QED) is 0.861. The number of aromatic nitrogens is 4. The molecule has 0 fully saturated rings. The molecule has 2 aromatic rings. The van der Waals surface area contributed by atoms with E-state index in [0.29, 0.717) is 30.2 Å². The molecule has 0 aromatic carbocycles. The number of nitrogens with zero attached hydrogens (tertiary/aromatic N) is 3. The van der Waals surface area contributed by atoms with E-state index < -0.39 is 11.2 Å². The van der Waals surface area contributed by atoms with Crippen molar-refractivity contribution >= 4 is 17.1 Å². The van der Waals surface area contributed by atoms with Crippen LogP contribution in [0.4, 0.5) is 5.95 Å². The van der Waals surface area contributed by atoms with Gasteiger partial charge in [-0.25, -0.2) is 4.79 Å². The van der Waals surface area contributed by atoms with Gasteiger partial charge in [-0.3, -0.25) is 14.3 Å². The van der Waals surface area contributed by atoms with Gasteiger partial charge < -0.3 is 9.88 Å². The minimum Gasteiger partial charge on any atom is -0.356 e. The van der Waals surface area contributed by atoms with Gasteiger partial charge in [0.25, 0.3) is 5.56 Å². The number of imidazole rings is 1. The van der Waals surface area contributed by atoms with Crippen LogP contribution in [0.25, 0.3) is 11.2 Å². The summed E-state index contributed by atoms with van der Waals surface area (Å²) in [5.41, 5.74) is 0.0556. The molecular weight excluding hydrogens is 246 g/mol. The normalized spacial score (nSPS) is 11.4. The van der Waals surface area contributed by atoms with Gasteiger partial charge in [0.2, 0.25) is 5.95 Å². The molecule has 0 aliphatic heterocycles. The molecule has 0 saturated heterocycles. The summed E-state index contributed by atoms with van der Waals surface area (Å²) in [6.45, 7) is 8.98. The Morgan fingerprint density at radius 3 is 2.53 bits per heavy atom. The zero-order valence-corrected chi connectivity index (χ0v) is 11.6. The average Bonchev–Trinajstić information content (AvgIpc) is 2.67. The summed E-state index contributed by atoms with van der Waals surface area (Å²) >= 11 is 0. The molecule has 0 spiro atoms. The lowest BCUT2D eigenvalue weighted by Crippen LogP contribution is -2.32. The summed E-state index contributed by atoms with van der Waals surface area (Å²) in [5.74, 6) is 0.616. The average molecular weight is 265 g/mol. The van der Waals surface area contributed by atoms with E-state index in [1.165, 1.54) is 4.57 Å². The van der Waals surface area contributed by atoms with E-state index in [-0.39, 0.29) is 6.04 Å². The number of hydrogen-bond donors (Lipinski definition) is 2. The predicted octanol–water partition coefficient (Wildman–Crippen LogP) is 0.919. The number of H-pyrrole nitrogens is 1. The van der Waals surface area contributed by atoms with E-state index in [0.717, 1.165) is 0 Å². The van der Waals surface area contributed by atoms with Crippen molar-refractivity contribution in [2.75, 3.05) is 11.9 Å². The molecule has 0 amide bonds. The number of fused-ring (bicyclic) bond motifs is 1. The SMILES string of the molecule is CCNc1nc2c(c(=O)[nH]c(=O)n2C(C)C)n1CC. The van der Waals surface area contributed by atoms with E-state index >= 15 is 0 Å². The van der Waals surface area contributed by atoms with Crippen molar-refractivity contribution in [1.82, 2.24) is 19.1 Å². The van der Waals surface area contributed by atoms with Crippen LogP contribution in [-0.2, 0) is 6.54 Å². The maximum absolute atomic E-state index is 12.0.